The van der Waals surface area contributed by atoms with E-state index in [4.69, 9.17) is 9.47 Å². The van der Waals surface area contributed by atoms with Gasteiger partial charge in [-0.1, -0.05) is 0 Å². The van der Waals surface area contributed by atoms with Gasteiger partial charge in [0.15, 0.2) is 12.4 Å². The van der Waals surface area contributed by atoms with Crippen molar-refractivity contribution in [2.45, 2.75) is 6.92 Å². The van der Waals surface area contributed by atoms with Gasteiger partial charge in [-0.15, -0.1) is 0 Å². The summed E-state index contributed by atoms with van der Waals surface area (Å²) < 4.78 is 10.4. The van der Waals surface area contributed by atoms with Gasteiger partial charge in [0.2, 0.25) is 0 Å². The summed E-state index contributed by atoms with van der Waals surface area (Å²) in [6.07, 6.45) is 3.13. The van der Waals surface area contributed by atoms with Crippen molar-refractivity contribution in [3.05, 3.63) is 66.0 Å². The van der Waals surface area contributed by atoms with Crippen molar-refractivity contribution in [3.63, 3.8) is 0 Å². The zero-order chi connectivity index (χ0) is 17.6. The van der Waals surface area contributed by atoms with Crippen molar-refractivity contribution in [2.75, 3.05) is 13.2 Å². The van der Waals surface area contributed by atoms with Crippen molar-refractivity contribution >= 4 is 22.8 Å². The number of ketones is 1. The van der Waals surface area contributed by atoms with E-state index in [0.29, 0.717) is 34.5 Å². The highest BCUT2D eigenvalue weighted by molar-refractivity contribution is 6.00. The number of fused-ring (bicyclic) bond motifs is 1. The van der Waals surface area contributed by atoms with E-state index in [9.17, 15) is 9.59 Å². The molecule has 126 valence electrons. The van der Waals surface area contributed by atoms with Gasteiger partial charge >= 0.3 is 5.97 Å². The Hall–Kier alpha value is -3.28. The normalized spacial score (nSPS) is 10.4. The number of aromatic nitrogens is 2. The number of hydrogen-bond acceptors (Lipinski definition) is 6. The maximum atomic E-state index is 12.1. The highest BCUT2D eigenvalue weighted by Gasteiger charge is 2.13. The second-order valence-corrected chi connectivity index (χ2v) is 5.22. The molecule has 6 heteroatoms. The van der Waals surface area contributed by atoms with E-state index < -0.39 is 5.97 Å². The number of ether oxygens (including phenoxy) is 2. The number of esters is 1. The second kappa shape index (κ2) is 7.53. The molecule has 0 aliphatic carbocycles. The van der Waals surface area contributed by atoms with Crippen molar-refractivity contribution in [2.24, 2.45) is 0 Å². The third kappa shape index (κ3) is 3.98. The van der Waals surface area contributed by atoms with Gasteiger partial charge in [0.25, 0.3) is 0 Å². The quantitative estimate of drug-likeness (QED) is 0.508. The predicted octanol–water partition coefficient (Wildman–Crippen LogP) is 3.07. The number of rotatable bonds is 6. The largest absolute Gasteiger partial charge is 0.494 e. The molecule has 0 N–H and O–H groups in total. The van der Waals surface area contributed by atoms with E-state index in [1.807, 2.05) is 6.92 Å². The van der Waals surface area contributed by atoms with E-state index in [1.54, 1.807) is 54.9 Å². The van der Waals surface area contributed by atoms with Gasteiger partial charge in [0.1, 0.15) is 5.75 Å². The summed E-state index contributed by atoms with van der Waals surface area (Å²) in [5.41, 5.74) is 2.06. The zero-order valence-corrected chi connectivity index (χ0v) is 13.6. The molecule has 0 saturated carbocycles. The Morgan fingerprint density at radius 1 is 0.920 bits per heavy atom. The molecule has 0 fully saturated rings. The number of carbonyl (C=O) groups excluding carboxylic acids is 2. The molecule has 0 bridgehead atoms. The summed E-state index contributed by atoms with van der Waals surface area (Å²) in [5, 5.41) is 0. The van der Waals surface area contributed by atoms with Crippen LogP contribution in [0.4, 0.5) is 0 Å². The lowest BCUT2D eigenvalue weighted by Gasteiger charge is -2.06. The Morgan fingerprint density at radius 2 is 1.60 bits per heavy atom. The van der Waals surface area contributed by atoms with E-state index in [1.165, 1.54) is 0 Å². The van der Waals surface area contributed by atoms with Crippen LogP contribution in [0.15, 0.2) is 54.9 Å². The minimum Gasteiger partial charge on any atom is -0.494 e. The van der Waals surface area contributed by atoms with E-state index >= 15 is 0 Å². The molecular weight excluding hydrogens is 320 g/mol. The van der Waals surface area contributed by atoms with Crippen LogP contribution >= 0.6 is 0 Å². The van der Waals surface area contributed by atoms with Gasteiger partial charge in [0, 0.05) is 18.0 Å². The maximum Gasteiger partial charge on any atom is 0.338 e. The SMILES string of the molecule is CCOc1ccc(C(=O)COC(=O)c2ccc3nccnc3c2)cc1. The first-order valence-corrected chi connectivity index (χ1v) is 7.81. The fourth-order valence-electron chi connectivity index (χ4n) is 2.29. The molecule has 0 spiro atoms. The molecule has 0 amide bonds. The van der Waals surface area contributed by atoms with Crippen LogP contribution in [0.2, 0.25) is 0 Å². The van der Waals surface area contributed by atoms with Gasteiger partial charge in [0.05, 0.1) is 23.2 Å². The summed E-state index contributed by atoms with van der Waals surface area (Å²) in [6.45, 7) is 2.11. The lowest BCUT2D eigenvalue weighted by atomic mass is 10.1. The molecule has 3 aromatic rings. The van der Waals surface area contributed by atoms with E-state index in [0.717, 1.165) is 0 Å². The van der Waals surface area contributed by atoms with Crippen LogP contribution in [-0.2, 0) is 4.74 Å². The third-order valence-electron chi connectivity index (χ3n) is 3.53. The zero-order valence-electron chi connectivity index (χ0n) is 13.6. The van der Waals surface area contributed by atoms with E-state index in [2.05, 4.69) is 9.97 Å². The Kier molecular flexibility index (Phi) is 4.99. The average molecular weight is 336 g/mol. The van der Waals surface area contributed by atoms with Crippen molar-refractivity contribution in [1.82, 2.24) is 9.97 Å². The summed E-state index contributed by atoms with van der Waals surface area (Å²) in [4.78, 5) is 32.5. The highest BCUT2D eigenvalue weighted by atomic mass is 16.5. The molecule has 1 heterocycles. The van der Waals surface area contributed by atoms with Gasteiger partial charge in [-0.25, -0.2) is 4.79 Å². The van der Waals surface area contributed by atoms with Crippen molar-refractivity contribution in [1.29, 1.82) is 0 Å². The Labute approximate surface area is 144 Å². The van der Waals surface area contributed by atoms with Crippen LogP contribution in [0.25, 0.3) is 11.0 Å². The van der Waals surface area contributed by atoms with Crippen LogP contribution in [0.1, 0.15) is 27.6 Å². The lowest BCUT2D eigenvalue weighted by Crippen LogP contribution is -2.14. The number of hydrogen-bond donors (Lipinski definition) is 0. The Morgan fingerprint density at radius 3 is 2.32 bits per heavy atom. The number of nitrogens with zero attached hydrogens (tertiary/aromatic N) is 2. The van der Waals surface area contributed by atoms with Crippen LogP contribution in [-0.4, -0.2) is 34.9 Å². The molecule has 0 unspecified atom stereocenters. The minimum atomic E-state index is -0.577. The number of Topliss-reactive ketones (excluding diaryl/α,β-unsaturated/α-hetero) is 1. The van der Waals surface area contributed by atoms with Gasteiger partial charge in [-0.05, 0) is 49.4 Å². The molecular formula is C19H16N2O4. The smallest absolute Gasteiger partial charge is 0.338 e. The summed E-state index contributed by atoms with van der Waals surface area (Å²) >= 11 is 0. The lowest BCUT2D eigenvalue weighted by molar-refractivity contribution is 0.0475. The number of benzene rings is 2. The Bertz CT molecular complexity index is 907. The summed E-state index contributed by atoms with van der Waals surface area (Å²) in [5.74, 6) is -0.169. The molecule has 0 aliphatic rings. The van der Waals surface area contributed by atoms with Crippen molar-refractivity contribution in [3.8, 4) is 5.75 Å². The first kappa shape index (κ1) is 16.6. The number of carbonyl (C=O) groups is 2. The minimum absolute atomic E-state index is 0.281. The molecule has 3 rings (SSSR count). The van der Waals surface area contributed by atoms with E-state index in [-0.39, 0.29) is 12.4 Å². The molecule has 1 aromatic heterocycles. The second-order valence-electron chi connectivity index (χ2n) is 5.22. The maximum absolute atomic E-state index is 12.1. The molecule has 2 aromatic carbocycles. The fraction of sp³-hybridized carbons (Fsp3) is 0.158. The molecule has 6 nitrogen and oxygen atoms in total. The standard InChI is InChI=1S/C19H16N2O4/c1-2-24-15-6-3-13(4-7-15)18(22)12-25-19(23)14-5-8-16-17(11-14)21-10-9-20-16/h3-11H,2,12H2,1H3. The molecule has 0 radical (unpaired) electrons. The highest BCUT2D eigenvalue weighted by Crippen LogP contribution is 2.14. The van der Waals surface area contributed by atoms with Crippen LogP contribution in [0, 0.1) is 0 Å². The summed E-state index contributed by atoms with van der Waals surface area (Å²) in [7, 11) is 0. The average Bonchev–Trinajstić information content (AvgIpc) is 2.66. The predicted molar refractivity (Wildman–Crippen MR) is 91.8 cm³/mol. The molecule has 0 saturated heterocycles. The van der Waals surface area contributed by atoms with Gasteiger partial charge in [-0.2, -0.15) is 0 Å². The monoisotopic (exact) mass is 336 g/mol. The van der Waals surface area contributed by atoms with Crippen molar-refractivity contribution < 1.29 is 19.1 Å². The topological polar surface area (TPSA) is 78.4 Å². The van der Waals surface area contributed by atoms with Gasteiger partial charge < -0.3 is 9.47 Å². The van der Waals surface area contributed by atoms with Crippen LogP contribution < -0.4 is 4.74 Å². The third-order valence-corrected chi connectivity index (χ3v) is 3.53. The summed E-state index contributed by atoms with van der Waals surface area (Å²) in [6, 6.07) is 11.6. The fourth-order valence-corrected chi connectivity index (χ4v) is 2.29. The molecule has 0 aliphatic heterocycles. The molecule has 25 heavy (non-hydrogen) atoms. The van der Waals surface area contributed by atoms with Crippen LogP contribution in [0.5, 0.6) is 5.75 Å². The van der Waals surface area contributed by atoms with Crippen LogP contribution in [0.3, 0.4) is 0 Å². The molecule has 0 atom stereocenters. The Balaban J connectivity index is 1.63. The van der Waals surface area contributed by atoms with Gasteiger partial charge in [-0.3, -0.25) is 14.8 Å². The first-order chi connectivity index (χ1) is 12.2. The first-order valence-electron chi connectivity index (χ1n) is 7.81.